The molecule has 1 aromatic heterocycles. The molecule has 9 heteroatoms. The quantitative estimate of drug-likeness (QED) is 0.456. The molecule has 0 saturated heterocycles. The second-order valence-corrected chi connectivity index (χ2v) is 9.21. The van der Waals surface area contributed by atoms with Crippen LogP contribution in [-0.4, -0.2) is 24.1 Å². The molecule has 0 aliphatic carbocycles. The molecule has 1 heterocycles. The fourth-order valence-electron chi connectivity index (χ4n) is 3.56. The van der Waals surface area contributed by atoms with E-state index in [0.29, 0.717) is 16.3 Å². The summed E-state index contributed by atoms with van der Waals surface area (Å²) in [5.74, 6) is -0.448. The first-order chi connectivity index (χ1) is 15.7. The molecule has 0 fully saturated rings. The molecule has 1 atom stereocenters. The maximum atomic E-state index is 13.2. The zero-order valence-corrected chi connectivity index (χ0v) is 18.6. The number of nitrogens with two attached hydrogens (primary N) is 1. The third-order valence-electron chi connectivity index (χ3n) is 5.31. The Bertz CT molecular complexity index is 1480. The van der Waals surface area contributed by atoms with Gasteiger partial charge in [-0.2, -0.15) is 5.10 Å². The van der Waals surface area contributed by atoms with Gasteiger partial charge in [0.25, 0.3) is 11.5 Å². The molecule has 0 spiro atoms. The largest absolute Gasteiger partial charge is 0.344 e. The third-order valence-corrected chi connectivity index (χ3v) is 6.24. The van der Waals surface area contributed by atoms with Crippen LogP contribution in [0.1, 0.15) is 34.6 Å². The molecule has 0 radical (unpaired) electrons. The summed E-state index contributed by atoms with van der Waals surface area (Å²) >= 11 is 0. The lowest BCUT2D eigenvalue weighted by Gasteiger charge is -2.16. The van der Waals surface area contributed by atoms with E-state index in [4.69, 9.17) is 5.14 Å². The van der Waals surface area contributed by atoms with Gasteiger partial charge >= 0.3 is 0 Å². The van der Waals surface area contributed by atoms with E-state index in [1.54, 1.807) is 43.3 Å². The van der Waals surface area contributed by atoms with Crippen molar-refractivity contribution >= 4 is 26.7 Å². The lowest BCUT2D eigenvalue weighted by atomic mass is 10.1. The molecule has 0 unspecified atom stereocenters. The van der Waals surface area contributed by atoms with Gasteiger partial charge in [-0.15, -0.1) is 0 Å². The SMILES string of the molecule is C[C@@H](NC(=O)c1nn(Cc2ccccc2)c(=O)c2ccccc12)c1ccc(S(N)(=O)=O)cc1. The van der Waals surface area contributed by atoms with Gasteiger partial charge in [0.2, 0.25) is 10.0 Å². The van der Waals surface area contributed by atoms with Crippen molar-refractivity contribution in [1.82, 2.24) is 15.1 Å². The number of hydrogen-bond donors (Lipinski definition) is 2. The molecular formula is C24H22N4O4S. The van der Waals surface area contributed by atoms with Gasteiger partial charge < -0.3 is 5.32 Å². The number of carbonyl (C=O) groups excluding carboxylic acids is 1. The summed E-state index contributed by atoms with van der Waals surface area (Å²) in [6.07, 6.45) is 0. The van der Waals surface area contributed by atoms with E-state index in [0.717, 1.165) is 5.56 Å². The van der Waals surface area contributed by atoms with Crippen LogP contribution in [0.4, 0.5) is 0 Å². The van der Waals surface area contributed by atoms with Crippen molar-refractivity contribution in [3.05, 3.63) is 106 Å². The summed E-state index contributed by atoms with van der Waals surface area (Å²) in [6, 6.07) is 21.8. The minimum absolute atomic E-state index is 0.00887. The standard InChI is InChI=1S/C24H22N4O4S/c1-16(18-11-13-19(14-12-18)33(25,31)32)26-23(29)22-20-9-5-6-10-21(20)24(30)28(27-22)15-17-7-3-2-4-8-17/h2-14,16H,15H2,1H3,(H,26,29)(H2,25,31,32)/t16-/m1/s1. The predicted octanol–water partition coefficient (Wildman–Crippen LogP) is 2.58. The topological polar surface area (TPSA) is 124 Å². The lowest BCUT2D eigenvalue weighted by molar-refractivity contribution is 0.0934. The van der Waals surface area contributed by atoms with Crippen molar-refractivity contribution in [3.63, 3.8) is 0 Å². The van der Waals surface area contributed by atoms with Gasteiger partial charge in [0, 0.05) is 5.39 Å². The Hall–Kier alpha value is -3.82. The molecule has 3 aromatic carbocycles. The molecule has 4 rings (SSSR count). The second-order valence-electron chi connectivity index (χ2n) is 7.65. The van der Waals surface area contributed by atoms with Crippen LogP contribution in [0.5, 0.6) is 0 Å². The van der Waals surface area contributed by atoms with E-state index in [9.17, 15) is 18.0 Å². The molecule has 0 bridgehead atoms. The maximum absolute atomic E-state index is 13.2. The van der Waals surface area contributed by atoms with Crippen LogP contribution in [0, 0.1) is 0 Å². The van der Waals surface area contributed by atoms with Crippen LogP contribution in [-0.2, 0) is 16.6 Å². The fraction of sp³-hybridized carbons (Fsp3) is 0.125. The maximum Gasteiger partial charge on any atom is 0.274 e. The van der Waals surface area contributed by atoms with E-state index in [1.807, 2.05) is 30.3 Å². The molecule has 3 N–H and O–H groups in total. The van der Waals surface area contributed by atoms with Gasteiger partial charge in [-0.3, -0.25) is 9.59 Å². The highest BCUT2D eigenvalue weighted by Crippen LogP contribution is 2.18. The van der Waals surface area contributed by atoms with Crippen molar-refractivity contribution in [3.8, 4) is 0 Å². The Morgan fingerprint density at radius 2 is 1.58 bits per heavy atom. The minimum Gasteiger partial charge on any atom is -0.344 e. The second kappa shape index (κ2) is 8.97. The summed E-state index contributed by atoms with van der Waals surface area (Å²) in [6.45, 7) is 2.00. The number of nitrogens with zero attached hydrogens (tertiary/aromatic N) is 2. The number of nitrogens with one attached hydrogen (secondary N) is 1. The Morgan fingerprint density at radius 1 is 0.970 bits per heavy atom. The first-order valence-corrected chi connectivity index (χ1v) is 11.8. The van der Waals surface area contributed by atoms with Crippen molar-refractivity contribution in [2.24, 2.45) is 5.14 Å². The summed E-state index contributed by atoms with van der Waals surface area (Å²) < 4.78 is 24.2. The van der Waals surface area contributed by atoms with E-state index < -0.39 is 22.0 Å². The van der Waals surface area contributed by atoms with Crippen LogP contribution >= 0.6 is 0 Å². The highest BCUT2D eigenvalue weighted by molar-refractivity contribution is 7.89. The molecule has 0 aliphatic heterocycles. The van der Waals surface area contributed by atoms with Crippen LogP contribution in [0.2, 0.25) is 0 Å². The number of hydrogen-bond acceptors (Lipinski definition) is 5. The molecule has 1 amide bonds. The number of amides is 1. The van der Waals surface area contributed by atoms with Crippen molar-refractivity contribution in [1.29, 1.82) is 0 Å². The first kappa shape index (κ1) is 22.4. The van der Waals surface area contributed by atoms with E-state index in [1.165, 1.54) is 16.8 Å². The van der Waals surface area contributed by atoms with Crippen LogP contribution in [0.3, 0.4) is 0 Å². The summed E-state index contributed by atoms with van der Waals surface area (Å²) in [4.78, 5) is 26.1. The molecule has 0 aliphatic rings. The fourth-order valence-corrected chi connectivity index (χ4v) is 4.08. The first-order valence-electron chi connectivity index (χ1n) is 10.2. The lowest BCUT2D eigenvalue weighted by Crippen LogP contribution is -2.32. The number of carbonyl (C=O) groups is 1. The Labute approximate surface area is 190 Å². The number of primary sulfonamides is 1. The van der Waals surface area contributed by atoms with Crippen LogP contribution in [0.15, 0.2) is 88.6 Å². The van der Waals surface area contributed by atoms with Gasteiger partial charge in [0.15, 0.2) is 5.69 Å². The number of rotatable bonds is 6. The van der Waals surface area contributed by atoms with E-state index >= 15 is 0 Å². The number of sulfonamides is 1. The molecule has 8 nitrogen and oxygen atoms in total. The number of aromatic nitrogens is 2. The normalized spacial score (nSPS) is 12.4. The molecular weight excluding hydrogens is 440 g/mol. The number of benzene rings is 3. The highest BCUT2D eigenvalue weighted by atomic mass is 32.2. The van der Waals surface area contributed by atoms with Gasteiger partial charge in [-0.05, 0) is 36.2 Å². The number of fused-ring (bicyclic) bond motifs is 1. The Morgan fingerprint density at radius 3 is 2.21 bits per heavy atom. The van der Waals surface area contributed by atoms with Crippen molar-refractivity contribution in [2.45, 2.75) is 24.4 Å². The van der Waals surface area contributed by atoms with Gasteiger partial charge in [0.05, 0.1) is 22.9 Å². The highest BCUT2D eigenvalue weighted by Gasteiger charge is 2.19. The van der Waals surface area contributed by atoms with Crippen LogP contribution < -0.4 is 16.0 Å². The minimum atomic E-state index is -3.80. The monoisotopic (exact) mass is 462 g/mol. The molecule has 4 aromatic rings. The smallest absolute Gasteiger partial charge is 0.274 e. The van der Waals surface area contributed by atoms with E-state index in [2.05, 4.69) is 10.4 Å². The molecule has 0 saturated carbocycles. The van der Waals surface area contributed by atoms with Gasteiger partial charge in [0.1, 0.15) is 0 Å². The molecule has 33 heavy (non-hydrogen) atoms. The average molecular weight is 463 g/mol. The third kappa shape index (κ3) is 4.84. The zero-order chi connectivity index (χ0) is 23.6. The van der Waals surface area contributed by atoms with Crippen LogP contribution in [0.25, 0.3) is 10.8 Å². The average Bonchev–Trinajstić information content (AvgIpc) is 2.81. The Kier molecular flexibility index (Phi) is 6.08. The zero-order valence-electron chi connectivity index (χ0n) is 17.8. The molecule has 168 valence electrons. The van der Waals surface area contributed by atoms with Crippen molar-refractivity contribution < 1.29 is 13.2 Å². The summed E-state index contributed by atoms with van der Waals surface area (Å²) in [5, 5.41) is 13.3. The summed E-state index contributed by atoms with van der Waals surface area (Å²) in [5.41, 5.74) is 1.43. The predicted molar refractivity (Wildman–Crippen MR) is 125 cm³/mol. The Balaban J connectivity index is 1.67. The van der Waals surface area contributed by atoms with Gasteiger partial charge in [-0.25, -0.2) is 18.2 Å². The van der Waals surface area contributed by atoms with E-state index in [-0.39, 0.29) is 22.7 Å². The van der Waals surface area contributed by atoms with Crippen molar-refractivity contribution in [2.75, 3.05) is 0 Å². The summed E-state index contributed by atoms with van der Waals surface area (Å²) in [7, 11) is -3.80. The van der Waals surface area contributed by atoms with Gasteiger partial charge in [-0.1, -0.05) is 60.7 Å².